The number of rotatable bonds is 1. The van der Waals surface area contributed by atoms with Gasteiger partial charge in [0.05, 0.1) is 0 Å². The van der Waals surface area contributed by atoms with Gasteiger partial charge in [0.15, 0.2) is 0 Å². The molecule has 1 atom stereocenters. The van der Waals surface area contributed by atoms with Crippen molar-refractivity contribution in [1.29, 1.82) is 0 Å². The highest BCUT2D eigenvalue weighted by Crippen LogP contribution is 2.24. The summed E-state index contributed by atoms with van der Waals surface area (Å²) in [6.45, 7) is 0. The molecular weight excluding hydrogens is 161 g/mol. The van der Waals surface area contributed by atoms with Gasteiger partial charge in [-0.15, -0.1) is 11.6 Å². The molecule has 0 aliphatic carbocycles. The van der Waals surface area contributed by atoms with Gasteiger partial charge in [0.2, 0.25) is 0 Å². The highest BCUT2D eigenvalue weighted by Gasteiger charge is 2.35. The Balaban J connectivity index is 3.62. The van der Waals surface area contributed by atoms with E-state index in [-0.39, 0.29) is 0 Å². The first-order valence-corrected chi connectivity index (χ1v) is 2.84. The number of alkyl halides is 4. The van der Waals surface area contributed by atoms with Crippen molar-refractivity contribution in [2.75, 3.05) is 5.88 Å². The van der Waals surface area contributed by atoms with Crippen LogP contribution < -0.4 is 0 Å². The number of thiol groups is 1. The molecule has 0 aromatic heterocycles. The van der Waals surface area contributed by atoms with Crippen LogP contribution in [0, 0.1) is 0 Å². The van der Waals surface area contributed by atoms with Crippen LogP contribution in [0.15, 0.2) is 0 Å². The lowest BCUT2D eigenvalue weighted by Crippen LogP contribution is -2.24. The molecule has 0 aliphatic rings. The number of hydrogen-bond acceptors (Lipinski definition) is 1. The van der Waals surface area contributed by atoms with Crippen LogP contribution >= 0.6 is 24.2 Å². The standard InChI is InChI=1S/C3H4ClF3S/c4-1-2(8)3(5,6)7/h2,8H,1H2. The van der Waals surface area contributed by atoms with Gasteiger partial charge in [-0.1, -0.05) is 0 Å². The quantitative estimate of drug-likeness (QED) is 0.445. The Labute approximate surface area is 55.4 Å². The topological polar surface area (TPSA) is 0 Å². The monoisotopic (exact) mass is 164 g/mol. The maximum atomic E-state index is 11.3. The van der Waals surface area contributed by atoms with Crippen LogP contribution in [0.1, 0.15) is 0 Å². The molecule has 0 aromatic rings. The largest absolute Gasteiger partial charge is 0.401 e. The third-order valence-corrected chi connectivity index (χ3v) is 1.52. The lowest BCUT2D eigenvalue weighted by molar-refractivity contribution is -0.124. The minimum absolute atomic E-state index is 0.493. The van der Waals surface area contributed by atoms with Gasteiger partial charge >= 0.3 is 6.18 Å². The molecule has 0 saturated carbocycles. The average Bonchev–Trinajstić information content (AvgIpc) is 1.62. The van der Waals surface area contributed by atoms with Crippen LogP contribution in [0.25, 0.3) is 0 Å². The predicted octanol–water partition coefficient (Wildman–Crippen LogP) is 2.09. The summed E-state index contributed by atoms with van der Waals surface area (Å²) in [7, 11) is 0. The lowest BCUT2D eigenvalue weighted by Gasteiger charge is -2.09. The first-order chi connectivity index (χ1) is 3.48. The van der Waals surface area contributed by atoms with Crippen molar-refractivity contribution in [2.24, 2.45) is 0 Å². The summed E-state index contributed by atoms with van der Waals surface area (Å²) < 4.78 is 33.9. The van der Waals surface area contributed by atoms with E-state index in [0.717, 1.165) is 0 Å². The van der Waals surface area contributed by atoms with E-state index in [1.54, 1.807) is 0 Å². The van der Waals surface area contributed by atoms with Crippen molar-refractivity contribution in [3.63, 3.8) is 0 Å². The van der Waals surface area contributed by atoms with E-state index in [9.17, 15) is 13.2 Å². The Morgan fingerprint density at radius 2 is 1.88 bits per heavy atom. The summed E-state index contributed by atoms with van der Waals surface area (Å²) in [6, 6.07) is 0. The summed E-state index contributed by atoms with van der Waals surface area (Å²) in [6.07, 6.45) is -4.26. The van der Waals surface area contributed by atoms with Crippen molar-refractivity contribution in [3.8, 4) is 0 Å². The summed E-state index contributed by atoms with van der Waals surface area (Å²) >= 11 is 7.99. The molecule has 0 spiro atoms. The van der Waals surface area contributed by atoms with Gasteiger partial charge in [-0.2, -0.15) is 25.8 Å². The van der Waals surface area contributed by atoms with Crippen LogP contribution in [0.3, 0.4) is 0 Å². The van der Waals surface area contributed by atoms with Gasteiger partial charge < -0.3 is 0 Å². The highest BCUT2D eigenvalue weighted by atomic mass is 35.5. The average molecular weight is 165 g/mol. The lowest BCUT2D eigenvalue weighted by atomic mass is 10.5. The Kier molecular flexibility index (Phi) is 2.98. The van der Waals surface area contributed by atoms with Gasteiger partial charge in [0.25, 0.3) is 0 Å². The van der Waals surface area contributed by atoms with E-state index in [1.807, 2.05) is 0 Å². The summed E-state index contributed by atoms with van der Waals surface area (Å²) in [5.41, 5.74) is 0. The van der Waals surface area contributed by atoms with Crippen molar-refractivity contribution >= 4 is 24.2 Å². The molecule has 0 aromatic carbocycles. The van der Waals surface area contributed by atoms with Gasteiger partial charge in [-0.25, -0.2) is 0 Å². The van der Waals surface area contributed by atoms with E-state index < -0.39 is 17.3 Å². The second-order valence-corrected chi connectivity index (χ2v) is 2.14. The second kappa shape index (κ2) is 2.82. The molecule has 0 rings (SSSR count). The van der Waals surface area contributed by atoms with Crippen LogP contribution in [-0.4, -0.2) is 17.3 Å². The van der Waals surface area contributed by atoms with Crippen molar-refractivity contribution < 1.29 is 13.2 Å². The van der Waals surface area contributed by atoms with Crippen LogP contribution in [0.5, 0.6) is 0 Å². The zero-order valence-corrected chi connectivity index (χ0v) is 5.39. The van der Waals surface area contributed by atoms with Gasteiger partial charge in [0.1, 0.15) is 5.25 Å². The SMILES string of the molecule is FC(F)(F)C(S)CCl. The number of halogens is 4. The minimum atomic E-state index is -4.26. The molecule has 1 unspecified atom stereocenters. The highest BCUT2D eigenvalue weighted by molar-refractivity contribution is 7.81. The Hall–Kier alpha value is 0.430. The first-order valence-electron chi connectivity index (χ1n) is 1.79. The normalized spacial score (nSPS) is 16.1. The molecule has 0 radical (unpaired) electrons. The molecule has 50 valence electrons. The zero-order valence-electron chi connectivity index (χ0n) is 3.74. The third kappa shape index (κ3) is 2.67. The Morgan fingerprint density at radius 1 is 1.50 bits per heavy atom. The van der Waals surface area contributed by atoms with E-state index >= 15 is 0 Å². The molecule has 0 fully saturated rings. The smallest absolute Gasteiger partial charge is 0.170 e. The fourth-order valence-corrected chi connectivity index (χ4v) is 0.262. The Bertz CT molecular complexity index is 71.4. The molecule has 0 heterocycles. The third-order valence-electron chi connectivity index (χ3n) is 0.524. The van der Waals surface area contributed by atoms with E-state index in [4.69, 9.17) is 11.6 Å². The maximum absolute atomic E-state index is 11.3. The molecule has 0 saturated heterocycles. The summed E-state index contributed by atoms with van der Waals surface area (Å²) in [5, 5.41) is -1.69. The maximum Gasteiger partial charge on any atom is 0.401 e. The fourth-order valence-electron chi connectivity index (χ4n) is 0.0875. The molecular formula is C3H4ClF3S. The molecule has 5 heteroatoms. The molecule has 0 nitrogen and oxygen atoms in total. The molecule has 0 bridgehead atoms. The molecule has 0 aliphatic heterocycles. The minimum Gasteiger partial charge on any atom is -0.170 e. The van der Waals surface area contributed by atoms with Crippen molar-refractivity contribution in [1.82, 2.24) is 0 Å². The zero-order chi connectivity index (χ0) is 6.78. The van der Waals surface area contributed by atoms with Gasteiger partial charge in [0, 0.05) is 5.88 Å². The van der Waals surface area contributed by atoms with E-state index in [1.165, 1.54) is 0 Å². The van der Waals surface area contributed by atoms with Crippen molar-refractivity contribution in [3.05, 3.63) is 0 Å². The fraction of sp³-hybridized carbons (Fsp3) is 1.00. The van der Waals surface area contributed by atoms with Gasteiger partial charge in [-0.05, 0) is 0 Å². The van der Waals surface area contributed by atoms with Crippen LogP contribution in [0.4, 0.5) is 13.2 Å². The molecule has 8 heavy (non-hydrogen) atoms. The molecule has 0 N–H and O–H groups in total. The predicted molar refractivity (Wildman–Crippen MR) is 29.5 cm³/mol. The second-order valence-electron chi connectivity index (χ2n) is 1.21. The van der Waals surface area contributed by atoms with Crippen LogP contribution in [0.2, 0.25) is 0 Å². The van der Waals surface area contributed by atoms with Crippen molar-refractivity contribution in [2.45, 2.75) is 11.4 Å². The summed E-state index contributed by atoms with van der Waals surface area (Å²) in [4.78, 5) is 0. The Morgan fingerprint density at radius 3 is 1.88 bits per heavy atom. The van der Waals surface area contributed by atoms with Gasteiger partial charge in [-0.3, -0.25) is 0 Å². The molecule has 0 amide bonds. The summed E-state index contributed by atoms with van der Waals surface area (Å²) in [5.74, 6) is -0.493. The van der Waals surface area contributed by atoms with E-state index in [0.29, 0.717) is 0 Å². The first kappa shape index (κ1) is 8.43. The van der Waals surface area contributed by atoms with E-state index in [2.05, 4.69) is 12.6 Å². The number of hydrogen-bond donors (Lipinski definition) is 1. The van der Waals surface area contributed by atoms with Crippen LogP contribution in [-0.2, 0) is 0 Å².